The molecule has 0 saturated heterocycles. The molecule has 106 valence electrons. The molecule has 1 aromatic rings. The predicted octanol–water partition coefficient (Wildman–Crippen LogP) is 1.45. The fourth-order valence-electron chi connectivity index (χ4n) is 1.65. The van der Waals surface area contributed by atoms with Crippen molar-refractivity contribution in [2.75, 3.05) is 19.3 Å². The summed E-state index contributed by atoms with van der Waals surface area (Å²) in [6, 6.07) is 3.41. The van der Waals surface area contributed by atoms with Crippen LogP contribution in [-0.2, 0) is 10.0 Å². The first kappa shape index (κ1) is 15.4. The highest BCUT2D eigenvalue weighted by Gasteiger charge is 2.23. The van der Waals surface area contributed by atoms with Crippen molar-refractivity contribution in [2.24, 2.45) is 5.92 Å². The summed E-state index contributed by atoms with van der Waals surface area (Å²) in [5, 5.41) is 10.6. The van der Waals surface area contributed by atoms with Crippen molar-refractivity contribution in [1.82, 2.24) is 4.31 Å². The lowest BCUT2D eigenvalue weighted by atomic mass is 10.2. The molecule has 0 spiro atoms. The van der Waals surface area contributed by atoms with Crippen LogP contribution in [0.15, 0.2) is 23.1 Å². The lowest BCUT2D eigenvalue weighted by Gasteiger charge is -2.19. The lowest BCUT2D eigenvalue weighted by Crippen LogP contribution is -2.30. The van der Waals surface area contributed by atoms with Gasteiger partial charge >= 0.3 is 0 Å². The molecule has 0 unspecified atom stereocenters. The van der Waals surface area contributed by atoms with E-state index in [2.05, 4.69) is 0 Å². The Morgan fingerprint density at radius 3 is 2.42 bits per heavy atom. The van der Waals surface area contributed by atoms with E-state index in [9.17, 15) is 18.5 Å². The highest BCUT2D eigenvalue weighted by molar-refractivity contribution is 7.89. The Balaban J connectivity index is 3.16. The van der Waals surface area contributed by atoms with Gasteiger partial charge in [0.2, 0.25) is 10.0 Å². The van der Waals surface area contributed by atoms with E-state index in [1.54, 1.807) is 0 Å². The van der Waals surface area contributed by atoms with Crippen LogP contribution in [0, 0.1) is 16.0 Å². The molecule has 2 N–H and O–H groups in total. The number of anilines is 1. The highest BCUT2D eigenvalue weighted by atomic mass is 32.2. The number of hydrogen-bond acceptors (Lipinski definition) is 5. The predicted molar refractivity (Wildman–Crippen MR) is 72.2 cm³/mol. The number of rotatable bonds is 5. The molecule has 0 aliphatic rings. The van der Waals surface area contributed by atoms with Crippen LogP contribution in [0.25, 0.3) is 0 Å². The fourth-order valence-corrected chi connectivity index (χ4v) is 3.02. The van der Waals surface area contributed by atoms with E-state index in [0.29, 0.717) is 6.54 Å². The van der Waals surface area contributed by atoms with E-state index >= 15 is 0 Å². The maximum absolute atomic E-state index is 12.2. The van der Waals surface area contributed by atoms with Gasteiger partial charge in [0.15, 0.2) is 0 Å². The van der Waals surface area contributed by atoms with Gasteiger partial charge in [-0.2, -0.15) is 0 Å². The quantitative estimate of drug-likeness (QED) is 0.501. The zero-order valence-corrected chi connectivity index (χ0v) is 11.8. The third-order valence-electron chi connectivity index (χ3n) is 2.53. The smallest absolute Gasteiger partial charge is 0.292 e. The van der Waals surface area contributed by atoms with Crippen LogP contribution in [0.4, 0.5) is 11.4 Å². The Hall–Kier alpha value is -1.67. The van der Waals surface area contributed by atoms with E-state index in [1.807, 2.05) is 13.8 Å². The summed E-state index contributed by atoms with van der Waals surface area (Å²) in [5.41, 5.74) is 5.03. The Morgan fingerprint density at radius 1 is 1.42 bits per heavy atom. The third-order valence-corrected chi connectivity index (χ3v) is 4.35. The monoisotopic (exact) mass is 287 g/mol. The molecule has 0 heterocycles. The second-order valence-corrected chi connectivity index (χ2v) is 6.70. The molecule has 19 heavy (non-hydrogen) atoms. The van der Waals surface area contributed by atoms with Crippen molar-refractivity contribution in [3.05, 3.63) is 28.3 Å². The molecule has 0 bridgehead atoms. The zero-order chi connectivity index (χ0) is 14.8. The van der Waals surface area contributed by atoms with E-state index < -0.39 is 14.9 Å². The van der Waals surface area contributed by atoms with Crippen LogP contribution in [0.5, 0.6) is 0 Å². The molecule has 8 heteroatoms. The first-order valence-corrected chi connectivity index (χ1v) is 7.10. The second-order valence-electron chi connectivity index (χ2n) is 4.66. The van der Waals surface area contributed by atoms with Gasteiger partial charge in [-0.25, -0.2) is 12.7 Å². The molecule has 0 aliphatic heterocycles. The van der Waals surface area contributed by atoms with E-state index in [1.165, 1.54) is 17.4 Å². The molecule has 0 amide bonds. The van der Waals surface area contributed by atoms with Crippen molar-refractivity contribution in [3.63, 3.8) is 0 Å². The summed E-state index contributed by atoms with van der Waals surface area (Å²) in [4.78, 5) is 9.94. The van der Waals surface area contributed by atoms with E-state index in [0.717, 1.165) is 12.1 Å². The average molecular weight is 287 g/mol. The normalized spacial score (nSPS) is 12.1. The number of benzene rings is 1. The molecule has 0 aliphatic carbocycles. The van der Waals surface area contributed by atoms with E-state index in [4.69, 9.17) is 5.73 Å². The summed E-state index contributed by atoms with van der Waals surface area (Å²) in [6.45, 7) is 4.16. The molecule has 0 fully saturated rings. The number of nitrogen functional groups attached to an aromatic ring is 1. The van der Waals surface area contributed by atoms with Crippen molar-refractivity contribution in [3.8, 4) is 0 Å². The molecule has 1 aromatic carbocycles. The average Bonchev–Trinajstić information content (AvgIpc) is 2.27. The van der Waals surface area contributed by atoms with Gasteiger partial charge in [-0.05, 0) is 18.1 Å². The first-order chi connectivity index (χ1) is 8.66. The number of nitrogens with two attached hydrogens (primary N) is 1. The molecule has 1 rings (SSSR count). The van der Waals surface area contributed by atoms with Crippen LogP contribution in [0.2, 0.25) is 0 Å². The van der Waals surface area contributed by atoms with E-state index in [-0.39, 0.29) is 22.2 Å². The minimum absolute atomic E-state index is 0.0428. The minimum Gasteiger partial charge on any atom is -0.393 e. The lowest BCUT2D eigenvalue weighted by molar-refractivity contribution is -0.383. The van der Waals surface area contributed by atoms with Crippen LogP contribution in [-0.4, -0.2) is 31.2 Å². The zero-order valence-electron chi connectivity index (χ0n) is 11.0. The van der Waals surface area contributed by atoms with Gasteiger partial charge in [0.25, 0.3) is 5.69 Å². The van der Waals surface area contributed by atoms with Crippen LogP contribution < -0.4 is 5.73 Å². The van der Waals surface area contributed by atoms with Gasteiger partial charge in [0.05, 0.1) is 9.82 Å². The van der Waals surface area contributed by atoms with Crippen LogP contribution in [0.3, 0.4) is 0 Å². The van der Waals surface area contributed by atoms with Crippen LogP contribution >= 0.6 is 0 Å². The standard InChI is InChI=1S/C11H17N3O4S/c1-8(2)7-13(3)19(17,18)9-4-5-11(14(15)16)10(12)6-9/h4-6,8H,7,12H2,1-3H3. The number of nitrogens with zero attached hydrogens (tertiary/aromatic N) is 2. The number of nitro groups is 1. The maximum Gasteiger partial charge on any atom is 0.292 e. The number of sulfonamides is 1. The maximum atomic E-state index is 12.2. The van der Waals surface area contributed by atoms with Crippen molar-refractivity contribution < 1.29 is 13.3 Å². The Bertz CT molecular complexity index is 584. The Morgan fingerprint density at radius 2 is 2.00 bits per heavy atom. The van der Waals surface area contributed by atoms with Crippen molar-refractivity contribution in [1.29, 1.82) is 0 Å². The molecular formula is C11H17N3O4S. The molecular weight excluding hydrogens is 270 g/mol. The second kappa shape index (κ2) is 5.54. The molecule has 0 saturated carbocycles. The molecule has 7 nitrogen and oxygen atoms in total. The minimum atomic E-state index is -3.67. The third kappa shape index (κ3) is 3.42. The van der Waals surface area contributed by atoms with Crippen molar-refractivity contribution >= 4 is 21.4 Å². The summed E-state index contributed by atoms with van der Waals surface area (Å²) >= 11 is 0. The topological polar surface area (TPSA) is 107 Å². The van der Waals surface area contributed by atoms with Crippen molar-refractivity contribution in [2.45, 2.75) is 18.7 Å². The summed E-state index contributed by atoms with van der Waals surface area (Å²) in [6.07, 6.45) is 0. The fraction of sp³-hybridized carbons (Fsp3) is 0.455. The Kier molecular flexibility index (Phi) is 4.48. The summed E-state index contributed by atoms with van der Waals surface area (Å²) in [5.74, 6) is 0.176. The summed E-state index contributed by atoms with van der Waals surface area (Å²) < 4.78 is 25.6. The number of nitro benzene ring substituents is 1. The Labute approximate surface area is 112 Å². The SMILES string of the molecule is CC(C)CN(C)S(=O)(=O)c1ccc([N+](=O)[O-])c(N)c1. The van der Waals surface area contributed by atoms with Gasteiger partial charge in [-0.3, -0.25) is 10.1 Å². The summed E-state index contributed by atoms with van der Waals surface area (Å²) in [7, 11) is -2.20. The highest BCUT2D eigenvalue weighted by Crippen LogP contribution is 2.26. The number of hydrogen-bond donors (Lipinski definition) is 1. The van der Waals surface area contributed by atoms with Gasteiger partial charge < -0.3 is 5.73 Å². The van der Waals surface area contributed by atoms with Gasteiger partial charge in [0, 0.05) is 19.7 Å². The van der Waals surface area contributed by atoms with Crippen LogP contribution in [0.1, 0.15) is 13.8 Å². The van der Waals surface area contributed by atoms with Gasteiger partial charge in [0.1, 0.15) is 5.69 Å². The largest absolute Gasteiger partial charge is 0.393 e. The first-order valence-electron chi connectivity index (χ1n) is 5.66. The molecule has 0 atom stereocenters. The van der Waals surface area contributed by atoms with Gasteiger partial charge in [-0.1, -0.05) is 13.8 Å². The molecule has 0 aromatic heterocycles. The van der Waals surface area contributed by atoms with Gasteiger partial charge in [-0.15, -0.1) is 0 Å². The molecule has 0 radical (unpaired) electrons.